The van der Waals surface area contributed by atoms with Crippen LogP contribution in [-0.2, 0) is 0 Å². The Balaban J connectivity index is 1.70. The molecule has 1 N–H and O–H groups in total. The third-order valence-electron chi connectivity index (χ3n) is 3.49. The molecule has 0 aliphatic carbocycles. The van der Waals surface area contributed by atoms with Crippen LogP contribution in [0.3, 0.4) is 0 Å². The van der Waals surface area contributed by atoms with E-state index in [2.05, 4.69) is 36.1 Å². The van der Waals surface area contributed by atoms with E-state index in [-0.39, 0.29) is 0 Å². The van der Waals surface area contributed by atoms with Gasteiger partial charge in [-0.3, -0.25) is 9.97 Å². The second kappa shape index (κ2) is 5.84. The minimum absolute atomic E-state index is 0.917. The largest absolute Gasteiger partial charge is 0.382 e. The molecule has 0 saturated carbocycles. The molecule has 0 spiro atoms. The Bertz CT molecular complexity index is 566. The van der Waals surface area contributed by atoms with E-state index in [4.69, 9.17) is 0 Å². The molecule has 1 saturated heterocycles. The fraction of sp³-hybridized carbons (Fsp3) is 0.429. The Kier molecular flexibility index (Phi) is 3.94. The number of nitrogens with one attached hydrogen (secondary N) is 1. The highest BCUT2D eigenvalue weighted by Crippen LogP contribution is 2.21. The Morgan fingerprint density at radius 2 is 2.11 bits per heavy atom. The molecule has 2 aromatic rings. The molecule has 0 unspecified atom stereocenters. The van der Waals surface area contributed by atoms with E-state index >= 15 is 0 Å². The summed E-state index contributed by atoms with van der Waals surface area (Å²) < 4.78 is 0.960. The summed E-state index contributed by atoms with van der Waals surface area (Å²) in [7, 11) is 0. The van der Waals surface area contributed by atoms with Gasteiger partial charge in [0, 0.05) is 30.0 Å². The first-order valence-electron chi connectivity index (χ1n) is 6.69. The first-order chi connectivity index (χ1) is 9.33. The van der Waals surface area contributed by atoms with Gasteiger partial charge in [0.25, 0.3) is 0 Å². The van der Waals surface area contributed by atoms with E-state index in [1.807, 2.05) is 24.5 Å². The molecule has 0 bridgehead atoms. The lowest BCUT2D eigenvalue weighted by Crippen LogP contribution is -2.26. The van der Waals surface area contributed by atoms with Crippen molar-refractivity contribution in [1.82, 2.24) is 14.9 Å². The van der Waals surface area contributed by atoms with Crippen LogP contribution >= 0.6 is 15.9 Å². The maximum atomic E-state index is 4.45. The standard InChI is InChI=1S/C14H17BrN4/c15-11-9-13-14(18-10-11)12(3-4-16-13)17-5-8-19-6-1-2-7-19/h3-4,9-10H,1-2,5-8H2,(H,16,17). The van der Waals surface area contributed by atoms with E-state index in [9.17, 15) is 0 Å². The summed E-state index contributed by atoms with van der Waals surface area (Å²) in [6.07, 6.45) is 6.33. The van der Waals surface area contributed by atoms with Crippen molar-refractivity contribution in [2.45, 2.75) is 12.8 Å². The fourth-order valence-electron chi connectivity index (χ4n) is 2.50. The zero-order valence-corrected chi connectivity index (χ0v) is 12.4. The number of likely N-dealkylation sites (tertiary alicyclic amines) is 1. The number of hydrogen-bond donors (Lipinski definition) is 1. The van der Waals surface area contributed by atoms with Gasteiger partial charge in [-0.1, -0.05) is 0 Å². The van der Waals surface area contributed by atoms with Gasteiger partial charge in [0.2, 0.25) is 0 Å². The number of rotatable bonds is 4. The summed E-state index contributed by atoms with van der Waals surface area (Å²) in [6, 6.07) is 3.99. The molecule has 100 valence electrons. The molecule has 4 nitrogen and oxygen atoms in total. The van der Waals surface area contributed by atoms with Crippen LogP contribution in [0.15, 0.2) is 29.0 Å². The molecular formula is C14H17BrN4. The molecule has 5 heteroatoms. The maximum absolute atomic E-state index is 4.45. The third-order valence-corrected chi connectivity index (χ3v) is 3.92. The van der Waals surface area contributed by atoms with Crippen LogP contribution in [0.2, 0.25) is 0 Å². The van der Waals surface area contributed by atoms with Crippen LogP contribution in [0.25, 0.3) is 11.0 Å². The smallest absolute Gasteiger partial charge is 0.112 e. The van der Waals surface area contributed by atoms with Gasteiger partial charge in [-0.2, -0.15) is 0 Å². The lowest BCUT2D eigenvalue weighted by Gasteiger charge is -2.15. The summed E-state index contributed by atoms with van der Waals surface area (Å²) in [5.74, 6) is 0. The monoisotopic (exact) mass is 320 g/mol. The van der Waals surface area contributed by atoms with Crippen LogP contribution in [0.4, 0.5) is 5.69 Å². The molecular weight excluding hydrogens is 304 g/mol. The molecule has 0 aromatic carbocycles. The van der Waals surface area contributed by atoms with Gasteiger partial charge in [0.15, 0.2) is 0 Å². The Morgan fingerprint density at radius 1 is 1.26 bits per heavy atom. The van der Waals surface area contributed by atoms with Crippen molar-refractivity contribution < 1.29 is 0 Å². The molecule has 0 atom stereocenters. The highest BCUT2D eigenvalue weighted by Gasteiger charge is 2.10. The van der Waals surface area contributed by atoms with Gasteiger partial charge >= 0.3 is 0 Å². The SMILES string of the molecule is Brc1cnc2c(NCCN3CCCC3)ccnc2c1. The molecule has 1 aliphatic rings. The van der Waals surface area contributed by atoms with Crippen molar-refractivity contribution in [2.24, 2.45) is 0 Å². The predicted octanol–water partition coefficient (Wildman–Crippen LogP) is 2.90. The second-order valence-corrected chi connectivity index (χ2v) is 5.77. The van der Waals surface area contributed by atoms with Gasteiger partial charge in [0.1, 0.15) is 5.52 Å². The summed E-state index contributed by atoms with van der Waals surface area (Å²) >= 11 is 3.42. The molecule has 0 amide bonds. The molecule has 19 heavy (non-hydrogen) atoms. The van der Waals surface area contributed by atoms with Crippen LogP contribution < -0.4 is 5.32 Å². The number of anilines is 1. The number of pyridine rings is 2. The van der Waals surface area contributed by atoms with Crippen LogP contribution in [0, 0.1) is 0 Å². The average Bonchev–Trinajstić information content (AvgIpc) is 2.92. The van der Waals surface area contributed by atoms with E-state index in [0.29, 0.717) is 0 Å². The maximum Gasteiger partial charge on any atom is 0.112 e. The topological polar surface area (TPSA) is 41.1 Å². The Morgan fingerprint density at radius 3 is 2.95 bits per heavy atom. The van der Waals surface area contributed by atoms with Crippen molar-refractivity contribution in [1.29, 1.82) is 0 Å². The molecule has 3 heterocycles. The van der Waals surface area contributed by atoms with Crippen LogP contribution in [0.5, 0.6) is 0 Å². The molecule has 1 fully saturated rings. The van der Waals surface area contributed by atoms with Crippen molar-refractivity contribution in [3.63, 3.8) is 0 Å². The third kappa shape index (κ3) is 3.04. The predicted molar refractivity (Wildman–Crippen MR) is 81.4 cm³/mol. The minimum Gasteiger partial charge on any atom is -0.382 e. The van der Waals surface area contributed by atoms with Gasteiger partial charge in [-0.05, 0) is 54.0 Å². The van der Waals surface area contributed by atoms with Gasteiger partial charge < -0.3 is 10.2 Å². The lowest BCUT2D eigenvalue weighted by molar-refractivity contribution is 0.353. The van der Waals surface area contributed by atoms with Crippen molar-refractivity contribution in [3.05, 3.63) is 29.0 Å². The molecule has 0 radical (unpaired) electrons. The summed E-state index contributed by atoms with van der Waals surface area (Å²) in [5.41, 5.74) is 2.92. The van der Waals surface area contributed by atoms with Crippen LogP contribution in [-0.4, -0.2) is 41.0 Å². The van der Waals surface area contributed by atoms with Gasteiger partial charge in [0.05, 0.1) is 11.2 Å². The summed E-state index contributed by atoms with van der Waals surface area (Å²) in [5, 5.41) is 3.47. The fourth-order valence-corrected chi connectivity index (χ4v) is 2.82. The van der Waals surface area contributed by atoms with Gasteiger partial charge in [-0.25, -0.2) is 0 Å². The lowest BCUT2D eigenvalue weighted by atomic mass is 10.3. The minimum atomic E-state index is 0.917. The molecule has 2 aromatic heterocycles. The number of halogens is 1. The Labute approximate surface area is 121 Å². The molecule has 1 aliphatic heterocycles. The van der Waals surface area contributed by atoms with E-state index < -0.39 is 0 Å². The second-order valence-electron chi connectivity index (χ2n) is 4.86. The van der Waals surface area contributed by atoms with Crippen molar-refractivity contribution in [3.8, 4) is 0 Å². The Hall–Kier alpha value is -1.20. The summed E-state index contributed by atoms with van der Waals surface area (Å²) in [6.45, 7) is 4.53. The van der Waals surface area contributed by atoms with Gasteiger partial charge in [-0.15, -0.1) is 0 Å². The quantitative estimate of drug-likeness (QED) is 0.940. The highest BCUT2D eigenvalue weighted by atomic mass is 79.9. The summed E-state index contributed by atoms with van der Waals surface area (Å²) in [4.78, 5) is 11.3. The number of aromatic nitrogens is 2. The zero-order valence-electron chi connectivity index (χ0n) is 10.8. The van der Waals surface area contributed by atoms with Crippen LogP contribution in [0.1, 0.15) is 12.8 Å². The average molecular weight is 321 g/mol. The van der Waals surface area contributed by atoms with Crippen molar-refractivity contribution in [2.75, 3.05) is 31.5 Å². The molecule has 3 rings (SSSR count). The first-order valence-corrected chi connectivity index (χ1v) is 7.49. The zero-order chi connectivity index (χ0) is 13.1. The normalized spacial score (nSPS) is 16.1. The number of fused-ring (bicyclic) bond motifs is 1. The highest BCUT2D eigenvalue weighted by molar-refractivity contribution is 9.10. The van der Waals surface area contributed by atoms with E-state index in [0.717, 1.165) is 34.3 Å². The van der Waals surface area contributed by atoms with E-state index in [1.54, 1.807) is 0 Å². The number of hydrogen-bond acceptors (Lipinski definition) is 4. The van der Waals surface area contributed by atoms with Crippen molar-refractivity contribution >= 4 is 32.7 Å². The first kappa shape index (κ1) is 12.8. The number of nitrogens with zero attached hydrogens (tertiary/aromatic N) is 3. The van der Waals surface area contributed by atoms with E-state index in [1.165, 1.54) is 25.9 Å².